The van der Waals surface area contributed by atoms with Crippen molar-refractivity contribution in [3.05, 3.63) is 22.5 Å². The van der Waals surface area contributed by atoms with Crippen molar-refractivity contribution in [1.29, 1.82) is 0 Å². The average Bonchev–Trinajstić information content (AvgIpc) is 2.45. The first-order chi connectivity index (χ1) is 7.44. The molecule has 88 valence electrons. The summed E-state index contributed by atoms with van der Waals surface area (Å²) in [7, 11) is 1.79. The first-order valence-corrected chi connectivity index (χ1v) is 5.60. The molecular formula is C11H14ClNO3. The highest BCUT2D eigenvalue weighted by molar-refractivity contribution is 6.30. The summed E-state index contributed by atoms with van der Waals surface area (Å²) in [4.78, 5) is 10.8. The summed E-state index contributed by atoms with van der Waals surface area (Å²) in [5.41, 5.74) is 0.303. The number of fused-ring (bicyclic) bond motifs is 1. The number of aliphatic carboxylic acids is 1. The van der Waals surface area contributed by atoms with Crippen LogP contribution in [0, 0.1) is 0 Å². The van der Waals surface area contributed by atoms with Gasteiger partial charge in [-0.2, -0.15) is 0 Å². The van der Waals surface area contributed by atoms with Gasteiger partial charge in [-0.15, -0.1) is 0 Å². The number of halogens is 1. The van der Waals surface area contributed by atoms with Gasteiger partial charge < -0.3 is 14.8 Å². The van der Waals surface area contributed by atoms with E-state index in [9.17, 15) is 9.90 Å². The van der Waals surface area contributed by atoms with Gasteiger partial charge in [0.25, 0.3) is 0 Å². The van der Waals surface area contributed by atoms with Crippen molar-refractivity contribution >= 4 is 17.6 Å². The number of carboxylic acids is 1. The molecule has 0 bridgehead atoms. The quantitative estimate of drug-likeness (QED) is 0.831. The van der Waals surface area contributed by atoms with Crippen LogP contribution in [-0.4, -0.2) is 20.7 Å². The van der Waals surface area contributed by atoms with Gasteiger partial charge in [-0.3, -0.25) is 4.79 Å². The number of rotatable bonds is 2. The largest absolute Gasteiger partial charge is 0.481 e. The highest BCUT2D eigenvalue weighted by Crippen LogP contribution is 2.41. The Morgan fingerprint density at radius 1 is 1.69 bits per heavy atom. The molecule has 0 saturated heterocycles. The van der Waals surface area contributed by atoms with E-state index in [1.165, 1.54) is 0 Å². The molecular weight excluding hydrogens is 230 g/mol. The molecule has 0 fully saturated rings. The van der Waals surface area contributed by atoms with Crippen LogP contribution in [0.1, 0.15) is 30.4 Å². The first kappa shape index (κ1) is 11.5. The first-order valence-electron chi connectivity index (χ1n) is 5.22. The van der Waals surface area contributed by atoms with E-state index in [4.69, 9.17) is 16.7 Å². The lowest BCUT2D eigenvalue weighted by Crippen LogP contribution is -2.32. The number of carboxylic acid groups (broad SMARTS) is 1. The lowest BCUT2D eigenvalue weighted by molar-refractivity contribution is -0.143. The van der Waals surface area contributed by atoms with Crippen molar-refractivity contribution in [2.75, 3.05) is 0 Å². The van der Waals surface area contributed by atoms with Crippen LogP contribution in [0.3, 0.4) is 0 Å². The van der Waals surface area contributed by atoms with E-state index in [0.717, 1.165) is 18.4 Å². The minimum atomic E-state index is -1.26. The molecule has 16 heavy (non-hydrogen) atoms. The van der Waals surface area contributed by atoms with E-state index < -0.39 is 11.6 Å². The van der Waals surface area contributed by atoms with E-state index in [2.05, 4.69) is 0 Å². The summed E-state index contributed by atoms with van der Waals surface area (Å²) >= 11 is 6.09. The van der Waals surface area contributed by atoms with E-state index in [-0.39, 0.29) is 6.42 Å². The summed E-state index contributed by atoms with van der Waals surface area (Å²) in [5.74, 6) is -0.990. The van der Waals surface area contributed by atoms with Crippen molar-refractivity contribution < 1.29 is 15.0 Å². The molecule has 0 spiro atoms. The number of nitrogens with zero attached hydrogens (tertiary/aromatic N) is 1. The molecule has 0 saturated carbocycles. The van der Waals surface area contributed by atoms with Gasteiger partial charge in [0.15, 0.2) is 0 Å². The van der Waals surface area contributed by atoms with Gasteiger partial charge in [0.05, 0.1) is 6.42 Å². The van der Waals surface area contributed by atoms with E-state index in [1.807, 2.05) is 0 Å². The molecule has 4 nitrogen and oxygen atoms in total. The minimum absolute atomic E-state index is 0.264. The van der Waals surface area contributed by atoms with Crippen molar-refractivity contribution in [2.24, 2.45) is 7.05 Å². The molecule has 1 atom stereocenters. The molecule has 5 heteroatoms. The second-order valence-corrected chi connectivity index (χ2v) is 4.74. The maximum atomic E-state index is 10.8. The highest BCUT2D eigenvalue weighted by Gasteiger charge is 2.38. The third-order valence-electron chi connectivity index (χ3n) is 3.17. The zero-order valence-electron chi connectivity index (χ0n) is 9.03. The molecule has 1 aliphatic rings. The van der Waals surface area contributed by atoms with Crippen molar-refractivity contribution in [3.63, 3.8) is 0 Å². The Bertz CT molecular complexity index is 441. The monoisotopic (exact) mass is 243 g/mol. The molecule has 1 heterocycles. The van der Waals surface area contributed by atoms with Crippen LogP contribution < -0.4 is 0 Å². The Kier molecular flexibility index (Phi) is 2.72. The fourth-order valence-electron chi connectivity index (χ4n) is 2.42. The summed E-state index contributed by atoms with van der Waals surface area (Å²) in [5, 5.41) is 19.8. The lowest BCUT2D eigenvalue weighted by Gasteiger charge is -2.31. The minimum Gasteiger partial charge on any atom is -0.481 e. The Morgan fingerprint density at radius 2 is 2.38 bits per heavy atom. The number of aromatic nitrogens is 1. The SMILES string of the molecule is Cn1cc2c(c1Cl)CCCC2(O)CC(=O)O. The van der Waals surface area contributed by atoms with Crippen LogP contribution >= 0.6 is 11.6 Å². The predicted octanol–water partition coefficient (Wildman–Crippen LogP) is 1.68. The molecule has 1 unspecified atom stereocenters. The second-order valence-electron chi connectivity index (χ2n) is 4.38. The molecule has 1 aromatic rings. The number of carbonyl (C=O) groups is 1. The zero-order chi connectivity index (χ0) is 11.9. The van der Waals surface area contributed by atoms with Gasteiger partial charge in [0.1, 0.15) is 10.8 Å². The van der Waals surface area contributed by atoms with Gasteiger partial charge in [-0.1, -0.05) is 11.6 Å². The van der Waals surface area contributed by atoms with Crippen LogP contribution in [0.25, 0.3) is 0 Å². The predicted molar refractivity (Wildman–Crippen MR) is 59.5 cm³/mol. The normalized spacial score (nSPS) is 24.2. The van der Waals surface area contributed by atoms with Gasteiger partial charge in [-0.05, 0) is 24.8 Å². The number of aliphatic hydroxyl groups is 1. The highest BCUT2D eigenvalue weighted by atomic mass is 35.5. The number of hydrogen-bond acceptors (Lipinski definition) is 2. The number of hydrogen-bond donors (Lipinski definition) is 2. The van der Waals surface area contributed by atoms with Gasteiger partial charge in [0, 0.05) is 18.8 Å². The molecule has 0 amide bonds. The molecule has 0 aliphatic heterocycles. The van der Waals surface area contributed by atoms with E-state index >= 15 is 0 Å². The second kappa shape index (κ2) is 3.79. The molecule has 2 N–H and O–H groups in total. The Labute approximate surface area is 98.5 Å². The average molecular weight is 244 g/mol. The maximum Gasteiger partial charge on any atom is 0.306 e. The maximum absolute atomic E-state index is 10.8. The third kappa shape index (κ3) is 1.72. The van der Waals surface area contributed by atoms with E-state index in [0.29, 0.717) is 17.1 Å². The van der Waals surface area contributed by atoms with Gasteiger partial charge in [-0.25, -0.2) is 0 Å². The Balaban J connectivity index is 2.47. The summed E-state index contributed by atoms with van der Waals surface area (Å²) in [6.45, 7) is 0. The van der Waals surface area contributed by atoms with Crippen LogP contribution in [0.15, 0.2) is 6.20 Å². The molecule has 1 aromatic heterocycles. The molecule has 1 aliphatic carbocycles. The topological polar surface area (TPSA) is 62.5 Å². The van der Waals surface area contributed by atoms with E-state index in [1.54, 1.807) is 17.8 Å². The standard InChI is InChI=1S/C11H14ClNO3/c1-13-6-8-7(10(13)12)3-2-4-11(8,16)5-9(14)15/h6,16H,2-5H2,1H3,(H,14,15). The summed E-state index contributed by atoms with van der Waals surface area (Å²) < 4.78 is 1.73. The van der Waals surface area contributed by atoms with Crippen LogP contribution in [0.4, 0.5) is 0 Å². The molecule has 0 radical (unpaired) electrons. The molecule has 2 rings (SSSR count). The van der Waals surface area contributed by atoms with Crippen LogP contribution in [-0.2, 0) is 23.9 Å². The Morgan fingerprint density at radius 3 is 3.00 bits per heavy atom. The van der Waals surface area contributed by atoms with Crippen LogP contribution in [0.5, 0.6) is 0 Å². The Hall–Kier alpha value is -1.00. The lowest BCUT2D eigenvalue weighted by atomic mass is 9.79. The van der Waals surface area contributed by atoms with Crippen molar-refractivity contribution in [1.82, 2.24) is 4.57 Å². The van der Waals surface area contributed by atoms with Crippen LogP contribution in [0.2, 0.25) is 5.15 Å². The summed E-state index contributed by atoms with van der Waals surface area (Å²) in [6.07, 6.45) is 3.52. The van der Waals surface area contributed by atoms with Gasteiger partial charge in [0.2, 0.25) is 0 Å². The number of aryl methyl sites for hydroxylation is 1. The van der Waals surface area contributed by atoms with Crippen molar-refractivity contribution in [2.45, 2.75) is 31.3 Å². The third-order valence-corrected chi connectivity index (χ3v) is 3.66. The van der Waals surface area contributed by atoms with Crippen molar-refractivity contribution in [3.8, 4) is 0 Å². The molecule has 0 aromatic carbocycles. The zero-order valence-corrected chi connectivity index (χ0v) is 9.79. The van der Waals surface area contributed by atoms with Gasteiger partial charge >= 0.3 is 5.97 Å². The smallest absolute Gasteiger partial charge is 0.306 e. The summed E-state index contributed by atoms with van der Waals surface area (Å²) in [6, 6.07) is 0. The fraction of sp³-hybridized carbons (Fsp3) is 0.545. The fourth-order valence-corrected chi connectivity index (χ4v) is 2.66.